The third-order valence-corrected chi connectivity index (χ3v) is 8.26. The number of thiophene rings is 1. The zero-order valence-electron chi connectivity index (χ0n) is 18.9. The first-order chi connectivity index (χ1) is 16.0. The molecule has 0 radical (unpaired) electrons. The topological polar surface area (TPSA) is 61.2 Å². The molecule has 0 fully saturated rings. The van der Waals surface area contributed by atoms with Crippen molar-refractivity contribution in [3.05, 3.63) is 67.3 Å². The third kappa shape index (κ3) is 5.53. The number of ether oxygens (including phenoxy) is 1. The summed E-state index contributed by atoms with van der Waals surface area (Å²) in [5.41, 5.74) is 3.09. The van der Waals surface area contributed by atoms with Gasteiger partial charge >= 0.3 is 5.97 Å². The lowest BCUT2D eigenvalue weighted by Crippen LogP contribution is -2.24. The maximum atomic E-state index is 13.6. The molecule has 2 aromatic heterocycles. The van der Waals surface area contributed by atoms with Crippen molar-refractivity contribution in [2.45, 2.75) is 63.4 Å². The molecule has 0 amide bonds. The molecule has 8 heteroatoms. The van der Waals surface area contributed by atoms with Gasteiger partial charge in [0, 0.05) is 17.3 Å². The third-order valence-electron chi connectivity index (χ3n) is 5.80. The highest BCUT2D eigenvalue weighted by Crippen LogP contribution is 2.31. The van der Waals surface area contributed by atoms with Gasteiger partial charge in [-0.2, -0.15) is 0 Å². The molecule has 0 aliphatic heterocycles. The molecule has 0 N–H and O–H groups in total. The number of thioether (sulfide) groups is 1. The van der Waals surface area contributed by atoms with E-state index in [1.807, 2.05) is 31.2 Å². The Labute approximate surface area is 206 Å². The average Bonchev–Trinajstić information content (AvgIpc) is 3.15. The molecule has 0 saturated carbocycles. The second-order valence-corrected chi connectivity index (χ2v) is 10.5. The van der Waals surface area contributed by atoms with Crippen LogP contribution < -0.4 is 5.56 Å². The van der Waals surface area contributed by atoms with E-state index in [2.05, 4.69) is 6.08 Å². The van der Waals surface area contributed by atoms with E-state index in [1.54, 1.807) is 11.5 Å². The van der Waals surface area contributed by atoms with Gasteiger partial charge in [0.2, 0.25) is 0 Å². The number of carbonyl (C=O) groups excluding carboxylic acids is 1. The number of hydrogen-bond donors (Lipinski definition) is 0. The van der Waals surface area contributed by atoms with Crippen LogP contribution >= 0.6 is 34.7 Å². The number of esters is 1. The second-order valence-electron chi connectivity index (χ2n) is 8.08. The number of rotatable bonds is 8. The van der Waals surface area contributed by atoms with E-state index in [-0.39, 0.29) is 5.56 Å². The van der Waals surface area contributed by atoms with E-state index in [0.717, 1.165) is 24.8 Å². The first-order valence-corrected chi connectivity index (χ1v) is 13.4. The number of fused-ring (bicyclic) bond motifs is 1. The van der Waals surface area contributed by atoms with Crippen LogP contribution in [0.1, 0.15) is 59.8 Å². The molecule has 0 unspecified atom stereocenters. The minimum absolute atomic E-state index is 0.0840. The van der Waals surface area contributed by atoms with Crippen molar-refractivity contribution in [1.82, 2.24) is 9.55 Å². The standard InChI is InChI=1S/C25H27ClN2O3S2/c1-3-31-24(30)21-16(2)20-22(33-21)27-25(32-15-18-9-11-19(26)12-10-18)28(23(20)29)14-13-17-7-5-4-6-8-17/h7,9-12H,3-6,8,13-15H2,1-2H3. The Hall–Kier alpha value is -2.09. The largest absolute Gasteiger partial charge is 0.462 e. The summed E-state index contributed by atoms with van der Waals surface area (Å²) >= 11 is 8.79. The molecule has 1 aliphatic carbocycles. The monoisotopic (exact) mass is 502 g/mol. The zero-order valence-corrected chi connectivity index (χ0v) is 21.2. The van der Waals surface area contributed by atoms with E-state index < -0.39 is 5.97 Å². The number of halogens is 1. The van der Waals surface area contributed by atoms with E-state index in [0.29, 0.717) is 49.7 Å². The Bertz CT molecular complexity index is 1250. The number of aryl methyl sites for hydroxylation is 1. The van der Waals surface area contributed by atoms with Crippen molar-refractivity contribution in [3.63, 3.8) is 0 Å². The van der Waals surface area contributed by atoms with Crippen LogP contribution in [0.3, 0.4) is 0 Å². The van der Waals surface area contributed by atoms with Gasteiger partial charge in [-0.25, -0.2) is 9.78 Å². The van der Waals surface area contributed by atoms with Crippen LogP contribution in [0, 0.1) is 6.92 Å². The van der Waals surface area contributed by atoms with Gasteiger partial charge < -0.3 is 4.74 Å². The van der Waals surface area contributed by atoms with Gasteiger partial charge in [0.25, 0.3) is 5.56 Å². The summed E-state index contributed by atoms with van der Waals surface area (Å²) in [5, 5.41) is 1.90. The quantitative estimate of drug-likeness (QED) is 0.147. The highest BCUT2D eigenvalue weighted by atomic mass is 35.5. The van der Waals surface area contributed by atoms with Crippen molar-refractivity contribution in [1.29, 1.82) is 0 Å². The Morgan fingerprint density at radius 2 is 2.06 bits per heavy atom. The highest BCUT2D eigenvalue weighted by Gasteiger charge is 2.22. The van der Waals surface area contributed by atoms with Gasteiger partial charge in [0.05, 0.1) is 12.0 Å². The molecule has 0 saturated heterocycles. The minimum Gasteiger partial charge on any atom is -0.462 e. The lowest BCUT2D eigenvalue weighted by atomic mass is 9.97. The SMILES string of the molecule is CCOC(=O)c1sc2nc(SCc3ccc(Cl)cc3)n(CCC3=CCCCC3)c(=O)c2c1C. The maximum Gasteiger partial charge on any atom is 0.348 e. The molecule has 0 bridgehead atoms. The average molecular weight is 503 g/mol. The first kappa shape index (κ1) is 24.0. The van der Waals surface area contributed by atoms with Crippen LogP contribution in [0.25, 0.3) is 10.2 Å². The zero-order chi connectivity index (χ0) is 23.4. The Morgan fingerprint density at radius 3 is 2.76 bits per heavy atom. The summed E-state index contributed by atoms with van der Waals surface area (Å²) in [5.74, 6) is 0.277. The summed E-state index contributed by atoms with van der Waals surface area (Å²) in [6.07, 6.45) is 7.83. The Kier molecular flexibility index (Phi) is 7.94. The Balaban J connectivity index is 1.71. The van der Waals surface area contributed by atoms with Crippen LogP contribution in [0.15, 0.2) is 45.9 Å². The number of allylic oxidation sites excluding steroid dienone is 2. The molecule has 0 atom stereocenters. The number of benzene rings is 1. The minimum atomic E-state index is -0.397. The van der Waals surface area contributed by atoms with E-state index in [4.69, 9.17) is 21.3 Å². The molecule has 5 nitrogen and oxygen atoms in total. The van der Waals surface area contributed by atoms with Gasteiger partial charge in [-0.15, -0.1) is 11.3 Å². The predicted molar refractivity (Wildman–Crippen MR) is 137 cm³/mol. The maximum absolute atomic E-state index is 13.6. The summed E-state index contributed by atoms with van der Waals surface area (Å²) in [7, 11) is 0. The van der Waals surface area contributed by atoms with E-state index in [1.165, 1.54) is 41.5 Å². The van der Waals surface area contributed by atoms with Crippen LogP contribution in [-0.2, 0) is 17.0 Å². The molecule has 0 spiro atoms. The van der Waals surface area contributed by atoms with Crippen LogP contribution in [0.2, 0.25) is 5.02 Å². The van der Waals surface area contributed by atoms with Gasteiger partial charge in [-0.3, -0.25) is 9.36 Å². The normalized spacial score (nSPS) is 13.8. The van der Waals surface area contributed by atoms with Crippen LogP contribution in [0.4, 0.5) is 0 Å². The molecule has 174 valence electrons. The van der Waals surface area contributed by atoms with Crippen LogP contribution in [0.5, 0.6) is 0 Å². The summed E-state index contributed by atoms with van der Waals surface area (Å²) in [4.78, 5) is 31.9. The fraction of sp³-hybridized carbons (Fsp3) is 0.400. The fourth-order valence-electron chi connectivity index (χ4n) is 4.01. The van der Waals surface area contributed by atoms with Crippen molar-refractivity contribution in [2.75, 3.05) is 6.61 Å². The van der Waals surface area contributed by atoms with Gasteiger partial charge in [-0.05, 0) is 69.2 Å². The van der Waals surface area contributed by atoms with Crippen LogP contribution in [-0.4, -0.2) is 22.1 Å². The van der Waals surface area contributed by atoms with Gasteiger partial charge in [-0.1, -0.05) is 47.1 Å². The fourth-order valence-corrected chi connectivity index (χ4v) is 6.24. The second kappa shape index (κ2) is 10.9. The van der Waals surface area contributed by atoms with E-state index in [9.17, 15) is 9.59 Å². The van der Waals surface area contributed by atoms with Crippen molar-refractivity contribution in [2.24, 2.45) is 0 Å². The number of hydrogen-bond acceptors (Lipinski definition) is 6. The molecular formula is C25H27ClN2O3S2. The molecular weight excluding hydrogens is 476 g/mol. The van der Waals surface area contributed by atoms with Crippen molar-refractivity contribution >= 4 is 50.9 Å². The van der Waals surface area contributed by atoms with Crippen molar-refractivity contribution < 1.29 is 9.53 Å². The summed E-state index contributed by atoms with van der Waals surface area (Å²) in [6, 6.07) is 7.70. The molecule has 33 heavy (non-hydrogen) atoms. The van der Waals surface area contributed by atoms with Gasteiger partial charge in [0.1, 0.15) is 9.71 Å². The first-order valence-electron chi connectivity index (χ1n) is 11.2. The molecule has 4 rings (SSSR count). The number of aromatic nitrogens is 2. The summed E-state index contributed by atoms with van der Waals surface area (Å²) < 4.78 is 6.98. The molecule has 3 aromatic rings. The molecule has 2 heterocycles. The smallest absolute Gasteiger partial charge is 0.348 e. The lowest BCUT2D eigenvalue weighted by molar-refractivity contribution is 0.0531. The molecule has 1 aliphatic rings. The lowest BCUT2D eigenvalue weighted by Gasteiger charge is -2.16. The molecule has 1 aromatic carbocycles. The number of nitrogens with zero attached hydrogens (tertiary/aromatic N) is 2. The van der Waals surface area contributed by atoms with Gasteiger partial charge in [0.15, 0.2) is 5.16 Å². The van der Waals surface area contributed by atoms with E-state index >= 15 is 0 Å². The number of carbonyl (C=O) groups is 1. The highest BCUT2D eigenvalue weighted by molar-refractivity contribution is 7.98. The summed E-state index contributed by atoms with van der Waals surface area (Å²) in [6.45, 7) is 4.46. The Morgan fingerprint density at radius 1 is 1.27 bits per heavy atom. The van der Waals surface area contributed by atoms with Crippen molar-refractivity contribution in [3.8, 4) is 0 Å². The predicted octanol–water partition coefficient (Wildman–Crippen LogP) is 6.78.